The van der Waals surface area contributed by atoms with Crippen LogP contribution in [-0.2, 0) is 14.4 Å². The third kappa shape index (κ3) is 7.29. The van der Waals surface area contributed by atoms with Gasteiger partial charge < -0.3 is 26.4 Å². The summed E-state index contributed by atoms with van der Waals surface area (Å²) in [5, 5.41) is 21.1. The van der Waals surface area contributed by atoms with Crippen LogP contribution in [0, 0.1) is 17.3 Å². The van der Waals surface area contributed by atoms with Gasteiger partial charge in [-0.25, -0.2) is 4.79 Å². The molecule has 2 aliphatic rings. The maximum absolute atomic E-state index is 12.5. The molecule has 0 aromatic rings. The lowest BCUT2D eigenvalue weighted by Crippen LogP contribution is -2.45. The predicted octanol–water partition coefficient (Wildman–Crippen LogP) is 1.33. The van der Waals surface area contributed by atoms with Gasteiger partial charge in [-0.3, -0.25) is 14.4 Å². The Balaban J connectivity index is 1.60. The van der Waals surface area contributed by atoms with Gasteiger partial charge in [-0.15, -0.1) is 0 Å². The molecule has 4 amide bonds. The Morgan fingerprint density at radius 2 is 1.84 bits per heavy atom. The van der Waals surface area contributed by atoms with Gasteiger partial charge in [-0.2, -0.15) is 11.8 Å². The van der Waals surface area contributed by atoms with Crippen molar-refractivity contribution in [3.05, 3.63) is 0 Å². The van der Waals surface area contributed by atoms with E-state index in [4.69, 9.17) is 0 Å². The molecule has 2 rings (SSSR count). The number of nitrogens with one attached hydrogen (secondary N) is 4. The third-order valence-electron chi connectivity index (χ3n) is 5.93. The van der Waals surface area contributed by atoms with Crippen LogP contribution in [0.25, 0.3) is 0 Å². The van der Waals surface area contributed by atoms with E-state index in [2.05, 4.69) is 21.3 Å². The Labute approximate surface area is 188 Å². The number of carboxylic acid groups (broad SMARTS) is 1. The zero-order valence-electron chi connectivity index (χ0n) is 18.8. The van der Waals surface area contributed by atoms with Gasteiger partial charge in [0.15, 0.2) is 0 Å². The largest absolute Gasteiger partial charge is 0.481 e. The number of fused-ring (bicyclic) bond motifs is 1. The van der Waals surface area contributed by atoms with Gasteiger partial charge in [-0.05, 0) is 18.3 Å². The molecule has 5 atom stereocenters. The molecule has 0 bridgehead atoms. The summed E-state index contributed by atoms with van der Waals surface area (Å²) >= 11 is 1.87. The fraction of sp³-hybridized carbons (Fsp3) is 0.810. The number of carboxylic acids is 1. The summed E-state index contributed by atoms with van der Waals surface area (Å²) in [6.07, 6.45) is 3.08. The number of aliphatic carboxylic acids is 1. The van der Waals surface area contributed by atoms with Gasteiger partial charge in [0.2, 0.25) is 11.8 Å². The first-order valence-corrected chi connectivity index (χ1v) is 12.0. The normalized spacial score (nSPS) is 24.5. The number of thioether (sulfide) groups is 1. The van der Waals surface area contributed by atoms with Crippen molar-refractivity contribution in [1.29, 1.82) is 0 Å². The summed E-state index contributed by atoms with van der Waals surface area (Å²) in [4.78, 5) is 47.3. The molecule has 0 saturated carbocycles. The molecule has 0 aromatic heterocycles. The highest BCUT2D eigenvalue weighted by atomic mass is 32.2. The van der Waals surface area contributed by atoms with Crippen molar-refractivity contribution in [2.45, 2.75) is 70.7 Å². The Kier molecular flexibility index (Phi) is 9.02. The minimum atomic E-state index is -0.999. The quantitative estimate of drug-likeness (QED) is 0.235. The molecule has 0 spiro atoms. The van der Waals surface area contributed by atoms with Gasteiger partial charge in [-0.1, -0.05) is 34.1 Å². The number of rotatable bonds is 11. The van der Waals surface area contributed by atoms with E-state index in [0.29, 0.717) is 18.2 Å². The number of hydrogen-bond acceptors (Lipinski definition) is 5. The van der Waals surface area contributed by atoms with E-state index in [1.807, 2.05) is 32.5 Å². The Bertz CT molecular complexity index is 681. The van der Waals surface area contributed by atoms with Crippen molar-refractivity contribution >= 4 is 35.6 Å². The molecule has 176 valence electrons. The van der Waals surface area contributed by atoms with Crippen molar-refractivity contribution < 1.29 is 24.3 Å². The number of hydrogen-bond donors (Lipinski definition) is 5. The second-order valence-corrected chi connectivity index (χ2v) is 10.8. The number of carbonyl (C=O) groups is 4. The average molecular weight is 457 g/mol. The number of unbranched alkanes of at least 4 members (excludes halogenated alkanes) is 1. The number of carbonyl (C=O) groups excluding carboxylic acids is 3. The van der Waals surface area contributed by atoms with Crippen molar-refractivity contribution in [3.8, 4) is 0 Å². The van der Waals surface area contributed by atoms with Crippen LogP contribution in [0.3, 0.4) is 0 Å². The topological polar surface area (TPSA) is 137 Å². The number of amides is 4. The SMILES string of the molecule is CC(C(=O)O)C(C(=O)NCCNC(=O)CCCCC1SCC2NC(=O)NC21)C(C)(C)C. The van der Waals surface area contributed by atoms with Crippen molar-refractivity contribution in [2.24, 2.45) is 17.3 Å². The average Bonchev–Trinajstić information content (AvgIpc) is 3.20. The van der Waals surface area contributed by atoms with E-state index in [0.717, 1.165) is 25.0 Å². The standard InChI is InChI=1S/C21H36N4O5S/c1-12(19(28)29)16(21(2,3)4)18(27)23-10-9-22-15(26)8-6-5-7-14-17-13(11-31-14)24-20(30)25-17/h12-14,16-17H,5-11H2,1-4H3,(H,22,26)(H,23,27)(H,28,29)(H2,24,25,30). The Morgan fingerprint density at radius 3 is 2.48 bits per heavy atom. The van der Waals surface area contributed by atoms with Crippen LogP contribution in [0.5, 0.6) is 0 Å². The lowest BCUT2D eigenvalue weighted by atomic mass is 9.73. The molecular formula is C21H36N4O5S. The van der Waals surface area contributed by atoms with E-state index in [1.54, 1.807) is 6.92 Å². The fourth-order valence-electron chi connectivity index (χ4n) is 4.37. The van der Waals surface area contributed by atoms with Gasteiger partial charge in [0.25, 0.3) is 0 Å². The molecule has 9 nitrogen and oxygen atoms in total. The lowest BCUT2D eigenvalue weighted by molar-refractivity contribution is -0.149. The summed E-state index contributed by atoms with van der Waals surface area (Å²) in [7, 11) is 0. The van der Waals surface area contributed by atoms with Crippen molar-refractivity contribution in [3.63, 3.8) is 0 Å². The predicted molar refractivity (Wildman–Crippen MR) is 120 cm³/mol. The van der Waals surface area contributed by atoms with Crippen LogP contribution in [0.2, 0.25) is 0 Å². The monoisotopic (exact) mass is 456 g/mol. The first-order chi connectivity index (χ1) is 14.5. The van der Waals surface area contributed by atoms with Crippen molar-refractivity contribution in [2.75, 3.05) is 18.8 Å². The summed E-state index contributed by atoms with van der Waals surface area (Å²) in [5.74, 6) is -1.89. The second kappa shape index (κ2) is 11.1. The highest BCUT2D eigenvalue weighted by Gasteiger charge is 2.42. The van der Waals surface area contributed by atoms with E-state index in [-0.39, 0.29) is 36.5 Å². The van der Waals surface area contributed by atoms with Gasteiger partial charge in [0.05, 0.1) is 23.9 Å². The Morgan fingerprint density at radius 1 is 1.16 bits per heavy atom. The summed E-state index contributed by atoms with van der Waals surface area (Å²) in [5.41, 5.74) is -0.486. The molecule has 2 saturated heterocycles. The molecule has 10 heteroatoms. The first-order valence-electron chi connectivity index (χ1n) is 11.0. The number of urea groups is 1. The Hall–Kier alpha value is -1.97. The minimum absolute atomic E-state index is 0.0617. The van der Waals surface area contributed by atoms with Gasteiger partial charge in [0, 0.05) is 30.5 Å². The van der Waals surface area contributed by atoms with Gasteiger partial charge >= 0.3 is 12.0 Å². The highest BCUT2D eigenvalue weighted by molar-refractivity contribution is 8.00. The maximum atomic E-state index is 12.5. The van der Waals surface area contributed by atoms with Crippen LogP contribution in [0.1, 0.15) is 53.4 Å². The zero-order chi connectivity index (χ0) is 23.2. The van der Waals surface area contributed by atoms with E-state index in [9.17, 15) is 24.3 Å². The van der Waals surface area contributed by atoms with E-state index >= 15 is 0 Å². The summed E-state index contributed by atoms with van der Waals surface area (Å²) in [6, 6.07) is 0.325. The van der Waals surface area contributed by atoms with E-state index in [1.165, 1.54) is 0 Å². The van der Waals surface area contributed by atoms with Gasteiger partial charge in [0.1, 0.15) is 0 Å². The lowest BCUT2D eigenvalue weighted by Gasteiger charge is -2.32. The molecule has 0 aliphatic carbocycles. The molecule has 0 radical (unpaired) electrons. The smallest absolute Gasteiger partial charge is 0.315 e. The summed E-state index contributed by atoms with van der Waals surface area (Å²) < 4.78 is 0. The minimum Gasteiger partial charge on any atom is -0.481 e. The van der Waals surface area contributed by atoms with E-state index < -0.39 is 23.2 Å². The molecule has 2 fully saturated rings. The first kappa shape index (κ1) is 25.3. The molecule has 2 aliphatic heterocycles. The molecular weight excluding hydrogens is 420 g/mol. The molecule has 31 heavy (non-hydrogen) atoms. The van der Waals surface area contributed by atoms with Crippen LogP contribution in [-0.4, -0.2) is 65.1 Å². The van der Waals surface area contributed by atoms with Crippen LogP contribution < -0.4 is 21.3 Å². The fourth-order valence-corrected chi connectivity index (χ4v) is 5.92. The zero-order valence-corrected chi connectivity index (χ0v) is 19.6. The molecule has 0 aromatic carbocycles. The van der Waals surface area contributed by atoms with Crippen LogP contribution >= 0.6 is 11.8 Å². The summed E-state index contributed by atoms with van der Waals surface area (Å²) in [6.45, 7) is 7.65. The highest BCUT2D eigenvalue weighted by Crippen LogP contribution is 2.33. The maximum Gasteiger partial charge on any atom is 0.315 e. The second-order valence-electron chi connectivity index (χ2n) is 9.48. The molecule has 5 unspecified atom stereocenters. The van der Waals surface area contributed by atoms with Crippen LogP contribution in [0.15, 0.2) is 0 Å². The molecule has 5 N–H and O–H groups in total. The third-order valence-corrected chi connectivity index (χ3v) is 7.44. The van der Waals surface area contributed by atoms with Crippen molar-refractivity contribution in [1.82, 2.24) is 21.3 Å². The molecule has 2 heterocycles. The van der Waals surface area contributed by atoms with Crippen LogP contribution in [0.4, 0.5) is 4.79 Å².